The van der Waals surface area contributed by atoms with Crippen LogP contribution in [0.2, 0.25) is 0 Å². The fourth-order valence-corrected chi connectivity index (χ4v) is 3.09. The van der Waals surface area contributed by atoms with Gasteiger partial charge in [-0.3, -0.25) is 4.79 Å². The Morgan fingerprint density at radius 1 is 1.24 bits per heavy atom. The molecule has 0 aliphatic heterocycles. The van der Waals surface area contributed by atoms with E-state index < -0.39 is 0 Å². The highest BCUT2D eigenvalue weighted by Crippen LogP contribution is 2.29. The monoisotopic (exact) mass is 303 g/mol. The Morgan fingerprint density at radius 3 is 2.41 bits per heavy atom. The molecule has 0 atom stereocenters. The SMILES string of the molecule is CCC1CCC(N(C)C(=O)CCCCBr)CC1. The van der Waals surface area contributed by atoms with Crippen LogP contribution in [-0.4, -0.2) is 29.2 Å². The first-order chi connectivity index (χ1) is 8.19. The lowest BCUT2D eigenvalue weighted by Crippen LogP contribution is -2.39. The van der Waals surface area contributed by atoms with E-state index in [4.69, 9.17) is 0 Å². The van der Waals surface area contributed by atoms with E-state index in [2.05, 4.69) is 22.9 Å². The quantitative estimate of drug-likeness (QED) is 0.537. The smallest absolute Gasteiger partial charge is 0.222 e. The zero-order valence-corrected chi connectivity index (χ0v) is 12.8. The maximum Gasteiger partial charge on any atom is 0.222 e. The number of hydrogen-bond donors (Lipinski definition) is 0. The van der Waals surface area contributed by atoms with E-state index in [9.17, 15) is 4.79 Å². The molecule has 0 aromatic rings. The molecule has 0 unspecified atom stereocenters. The molecule has 0 heterocycles. The normalized spacial score (nSPS) is 24.6. The van der Waals surface area contributed by atoms with E-state index in [1.807, 2.05) is 11.9 Å². The summed E-state index contributed by atoms with van der Waals surface area (Å²) in [5.41, 5.74) is 0. The number of hydrogen-bond acceptors (Lipinski definition) is 1. The predicted molar refractivity (Wildman–Crippen MR) is 76.5 cm³/mol. The number of carbonyl (C=O) groups is 1. The summed E-state index contributed by atoms with van der Waals surface area (Å²) in [6.07, 6.45) is 9.16. The number of halogens is 1. The maximum atomic E-state index is 12.0. The van der Waals surface area contributed by atoms with Gasteiger partial charge in [-0.25, -0.2) is 0 Å². The Bertz CT molecular complexity index is 224. The van der Waals surface area contributed by atoms with Gasteiger partial charge in [-0.1, -0.05) is 29.3 Å². The van der Waals surface area contributed by atoms with Gasteiger partial charge in [0.25, 0.3) is 0 Å². The van der Waals surface area contributed by atoms with Crippen LogP contribution in [0.15, 0.2) is 0 Å². The molecule has 1 aliphatic carbocycles. The van der Waals surface area contributed by atoms with Crippen molar-refractivity contribution in [3.05, 3.63) is 0 Å². The summed E-state index contributed by atoms with van der Waals surface area (Å²) < 4.78 is 0. The lowest BCUT2D eigenvalue weighted by Gasteiger charge is -2.34. The van der Waals surface area contributed by atoms with Gasteiger partial charge >= 0.3 is 0 Å². The lowest BCUT2D eigenvalue weighted by atomic mass is 9.84. The first-order valence-electron chi connectivity index (χ1n) is 7.00. The van der Waals surface area contributed by atoms with Crippen LogP contribution in [0, 0.1) is 5.92 Å². The summed E-state index contributed by atoms with van der Waals surface area (Å²) in [5.74, 6) is 1.24. The predicted octanol–water partition coefficient (Wildman–Crippen LogP) is 3.98. The molecule has 0 aromatic carbocycles. The maximum absolute atomic E-state index is 12.0. The minimum absolute atomic E-state index is 0.339. The van der Waals surface area contributed by atoms with Crippen LogP contribution in [0.3, 0.4) is 0 Å². The van der Waals surface area contributed by atoms with Gasteiger partial charge in [-0.05, 0) is 44.4 Å². The number of carbonyl (C=O) groups excluding carboxylic acids is 1. The van der Waals surface area contributed by atoms with Crippen molar-refractivity contribution in [3.63, 3.8) is 0 Å². The molecule has 2 nitrogen and oxygen atoms in total. The lowest BCUT2D eigenvalue weighted by molar-refractivity contribution is -0.132. The van der Waals surface area contributed by atoms with Crippen LogP contribution in [0.1, 0.15) is 58.3 Å². The largest absolute Gasteiger partial charge is 0.343 e. The molecule has 0 radical (unpaired) electrons. The molecule has 1 saturated carbocycles. The topological polar surface area (TPSA) is 20.3 Å². The third kappa shape index (κ3) is 4.99. The molecule has 0 aromatic heterocycles. The number of nitrogens with zero attached hydrogens (tertiary/aromatic N) is 1. The van der Waals surface area contributed by atoms with Crippen molar-refractivity contribution in [2.45, 2.75) is 64.3 Å². The average molecular weight is 304 g/mol. The highest BCUT2D eigenvalue weighted by atomic mass is 79.9. The second-order valence-corrected chi connectivity index (χ2v) is 6.03. The average Bonchev–Trinajstić information content (AvgIpc) is 2.38. The van der Waals surface area contributed by atoms with Crippen LogP contribution >= 0.6 is 15.9 Å². The van der Waals surface area contributed by atoms with E-state index in [0.717, 1.165) is 30.5 Å². The Hall–Kier alpha value is -0.0500. The van der Waals surface area contributed by atoms with E-state index in [-0.39, 0.29) is 0 Å². The molecule has 1 rings (SSSR count). The molecular weight excluding hydrogens is 278 g/mol. The summed E-state index contributed by atoms with van der Waals surface area (Å²) in [7, 11) is 1.99. The first kappa shape index (κ1) is 15.0. The van der Waals surface area contributed by atoms with Crippen LogP contribution in [0.4, 0.5) is 0 Å². The van der Waals surface area contributed by atoms with Gasteiger partial charge in [-0.15, -0.1) is 0 Å². The molecule has 1 aliphatic rings. The van der Waals surface area contributed by atoms with Crippen molar-refractivity contribution in [1.82, 2.24) is 4.90 Å². The molecule has 1 amide bonds. The molecule has 17 heavy (non-hydrogen) atoms. The van der Waals surface area contributed by atoms with E-state index in [0.29, 0.717) is 11.9 Å². The Labute approximate surface area is 114 Å². The second kappa shape index (κ2) is 8.12. The highest BCUT2D eigenvalue weighted by molar-refractivity contribution is 9.09. The fraction of sp³-hybridized carbons (Fsp3) is 0.929. The molecule has 0 bridgehead atoms. The summed E-state index contributed by atoms with van der Waals surface area (Å²) in [6, 6.07) is 0.509. The Kier molecular flexibility index (Phi) is 7.17. The van der Waals surface area contributed by atoms with E-state index in [1.165, 1.54) is 32.1 Å². The zero-order chi connectivity index (χ0) is 12.7. The number of amides is 1. The minimum atomic E-state index is 0.339. The Morgan fingerprint density at radius 2 is 1.88 bits per heavy atom. The minimum Gasteiger partial charge on any atom is -0.343 e. The van der Waals surface area contributed by atoms with E-state index >= 15 is 0 Å². The molecule has 100 valence electrons. The first-order valence-corrected chi connectivity index (χ1v) is 8.12. The van der Waals surface area contributed by atoms with Crippen LogP contribution < -0.4 is 0 Å². The van der Waals surface area contributed by atoms with E-state index in [1.54, 1.807) is 0 Å². The van der Waals surface area contributed by atoms with Gasteiger partial charge in [0, 0.05) is 24.8 Å². The van der Waals surface area contributed by atoms with Crippen molar-refractivity contribution >= 4 is 21.8 Å². The van der Waals surface area contributed by atoms with Gasteiger partial charge in [0.1, 0.15) is 0 Å². The van der Waals surface area contributed by atoms with Crippen molar-refractivity contribution in [2.75, 3.05) is 12.4 Å². The molecule has 0 N–H and O–H groups in total. The van der Waals surface area contributed by atoms with Crippen LogP contribution in [0.5, 0.6) is 0 Å². The molecule has 1 fully saturated rings. The molecule has 0 spiro atoms. The summed E-state index contributed by atoms with van der Waals surface area (Å²) >= 11 is 3.40. The number of rotatable bonds is 6. The third-order valence-electron chi connectivity index (χ3n) is 4.11. The second-order valence-electron chi connectivity index (χ2n) is 5.23. The highest BCUT2D eigenvalue weighted by Gasteiger charge is 2.25. The summed E-state index contributed by atoms with van der Waals surface area (Å²) in [4.78, 5) is 14.0. The van der Waals surface area contributed by atoms with Crippen molar-refractivity contribution in [1.29, 1.82) is 0 Å². The van der Waals surface area contributed by atoms with Crippen molar-refractivity contribution in [3.8, 4) is 0 Å². The molecular formula is C14H26BrNO. The van der Waals surface area contributed by atoms with Gasteiger partial charge < -0.3 is 4.90 Å². The molecule has 0 saturated heterocycles. The third-order valence-corrected chi connectivity index (χ3v) is 4.67. The fourth-order valence-electron chi connectivity index (χ4n) is 2.69. The van der Waals surface area contributed by atoms with Crippen LogP contribution in [-0.2, 0) is 4.79 Å². The van der Waals surface area contributed by atoms with Gasteiger partial charge in [0.2, 0.25) is 5.91 Å². The Balaban J connectivity index is 2.27. The van der Waals surface area contributed by atoms with Crippen molar-refractivity contribution < 1.29 is 4.79 Å². The number of alkyl halides is 1. The summed E-state index contributed by atoms with van der Waals surface area (Å²) in [6.45, 7) is 2.28. The van der Waals surface area contributed by atoms with Gasteiger partial charge in [0.15, 0.2) is 0 Å². The van der Waals surface area contributed by atoms with Crippen molar-refractivity contribution in [2.24, 2.45) is 5.92 Å². The van der Waals surface area contributed by atoms with Crippen LogP contribution in [0.25, 0.3) is 0 Å². The molecule has 3 heteroatoms. The van der Waals surface area contributed by atoms with Gasteiger partial charge in [0.05, 0.1) is 0 Å². The van der Waals surface area contributed by atoms with Gasteiger partial charge in [-0.2, -0.15) is 0 Å². The zero-order valence-electron chi connectivity index (χ0n) is 11.3. The summed E-state index contributed by atoms with van der Waals surface area (Å²) in [5, 5.41) is 1.01. The standard InChI is InChI=1S/C14H26BrNO/c1-3-12-7-9-13(10-8-12)16(2)14(17)6-4-5-11-15/h12-13H,3-11H2,1-2H3. The number of unbranched alkanes of at least 4 members (excludes halogenated alkanes) is 1.